The number of benzene rings is 1. The van der Waals surface area contributed by atoms with E-state index in [1.165, 1.54) is 12.8 Å². The van der Waals surface area contributed by atoms with E-state index in [1.54, 1.807) is 6.07 Å². The normalized spacial score (nSPS) is 14.9. The number of rotatable bonds is 5. The zero-order valence-electron chi connectivity index (χ0n) is 11.3. The molecule has 3 heteroatoms. The second-order valence-corrected chi connectivity index (χ2v) is 5.58. The zero-order valence-corrected chi connectivity index (χ0v) is 11.3. The summed E-state index contributed by atoms with van der Waals surface area (Å²) < 4.78 is 0. The van der Waals surface area contributed by atoms with Crippen LogP contribution in [0.5, 0.6) is 0 Å². The Labute approximate surface area is 108 Å². The highest BCUT2D eigenvalue weighted by Gasteiger charge is 2.29. The number of aryl methyl sites for hydroxylation is 1. The van der Waals surface area contributed by atoms with Crippen LogP contribution in [0, 0.1) is 12.8 Å². The predicted octanol–water partition coefficient (Wildman–Crippen LogP) is 3.32. The molecule has 3 nitrogen and oxygen atoms in total. The van der Waals surface area contributed by atoms with E-state index in [9.17, 15) is 4.79 Å². The number of hydrogen-bond acceptors (Lipinski definition) is 2. The summed E-state index contributed by atoms with van der Waals surface area (Å²) in [4.78, 5) is 13.4. The molecule has 2 rings (SSSR count). The molecule has 0 amide bonds. The van der Waals surface area contributed by atoms with Gasteiger partial charge in [-0.3, -0.25) is 0 Å². The Kier molecular flexibility index (Phi) is 3.60. The van der Waals surface area contributed by atoms with E-state index in [-0.39, 0.29) is 0 Å². The fraction of sp³-hybridized carbons (Fsp3) is 0.533. The van der Waals surface area contributed by atoms with Crippen molar-refractivity contribution in [1.29, 1.82) is 0 Å². The van der Waals surface area contributed by atoms with E-state index in [0.29, 0.717) is 17.5 Å². The zero-order chi connectivity index (χ0) is 13.3. The molecule has 1 N–H and O–H groups in total. The summed E-state index contributed by atoms with van der Waals surface area (Å²) in [6.45, 7) is 7.34. The Morgan fingerprint density at radius 3 is 2.56 bits per heavy atom. The highest BCUT2D eigenvalue weighted by Crippen LogP contribution is 2.33. The van der Waals surface area contributed by atoms with Gasteiger partial charge in [0.05, 0.1) is 5.56 Å². The summed E-state index contributed by atoms with van der Waals surface area (Å²) in [5.74, 6) is -0.231. The Morgan fingerprint density at radius 2 is 2.11 bits per heavy atom. The van der Waals surface area contributed by atoms with Crippen molar-refractivity contribution in [2.45, 2.75) is 39.7 Å². The van der Waals surface area contributed by atoms with E-state index in [2.05, 4.69) is 18.7 Å². The first-order chi connectivity index (χ1) is 8.49. The summed E-state index contributed by atoms with van der Waals surface area (Å²) in [5.41, 5.74) is 2.40. The van der Waals surface area contributed by atoms with Gasteiger partial charge >= 0.3 is 5.97 Å². The second-order valence-electron chi connectivity index (χ2n) is 5.58. The van der Waals surface area contributed by atoms with E-state index in [0.717, 1.165) is 17.8 Å². The number of hydrogen-bond donors (Lipinski definition) is 1. The van der Waals surface area contributed by atoms with Gasteiger partial charge in [0, 0.05) is 18.3 Å². The smallest absolute Gasteiger partial charge is 0.335 e. The highest BCUT2D eigenvalue weighted by atomic mass is 16.4. The van der Waals surface area contributed by atoms with Crippen LogP contribution in [0.25, 0.3) is 0 Å². The molecule has 1 aliphatic rings. The quantitative estimate of drug-likeness (QED) is 0.867. The van der Waals surface area contributed by atoms with Crippen molar-refractivity contribution in [1.82, 2.24) is 0 Å². The predicted molar refractivity (Wildman–Crippen MR) is 73.3 cm³/mol. The van der Waals surface area contributed by atoms with E-state index >= 15 is 0 Å². The number of carboxylic acids is 1. The minimum atomic E-state index is -0.846. The van der Waals surface area contributed by atoms with Gasteiger partial charge in [-0.2, -0.15) is 0 Å². The van der Waals surface area contributed by atoms with Crippen LogP contribution >= 0.6 is 0 Å². The van der Waals surface area contributed by atoms with E-state index in [4.69, 9.17) is 5.11 Å². The molecule has 1 saturated carbocycles. The van der Waals surface area contributed by atoms with Crippen molar-refractivity contribution in [2.24, 2.45) is 5.92 Å². The number of nitrogens with zero attached hydrogens (tertiary/aromatic N) is 1. The van der Waals surface area contributed by atoms with Crippen LogP contribution in [0.3, 0.4) is 0 Å². The second kappa shape index (κ2) is 5.01. The van der Waals surface area contributed by atoms with Crippen LogP contribution in [-0.2, 0) is 0 Å². The first-order valence-corrected chi connectivity index (χ1v) is 6.59. The number of carbonyl (C=O) groups is 1. The molecule has 1 aromatic rings. The highest BCUT2D eigenvalue weighted by molar-refractivity contribution is 5.89. The van der Waals surface area contributed by atoms with Crippen molar-refractivity contribution in [2.75, 3.05) is 11.4 Å². The van der Waals surface area contributed by atoms with E-state index in [1.807, 2.05) is 19.1 Å². The van der Waals surface area contributed by atoms with Crippen molar-refractivity contribution in [3.05, 3.63) is 29.3 Å². The molecule has 98 valence electrons. The number of anilines is 1. The molecule has 1 fully saturated rings. The van der Waals surface area contributed by atoms with Crippen molar-refractivity contribution >= 4 is 11.7 Å². The average molecular weight is 247 g/mol. The minimum absolute atomic E-state index is 0.402. The Balaban J connectivity index is 2.25. The SMILES string of the molecule is Cc1cc(N(CC(C)C)C2CC2)ccc1C(=O)O. The molecule has 0 aliphatic heterocycles. The van der Waals surface area contributed by atoms with Crippen LogP contribution < -0.4 is 4.90 Å². The third kappa shape index (κ3) is 2.84. The third-order valence-electron chi connectivity index (χ3n) is 3.32. The lowest BCUT2D eigenvalue weighted by molar-refractivity contribution is 0.0696. The largest absolute Gasteiger partial charge is 0.478 e. The molecule has 0 bridgehead atoms. The first-order valence-electron chi connectivity index (χ1n) is 6.59. The number of aromatic carboxylic acids is 1. The van der Waals surface area contributed by atoms with Crippen molar-refractivity contribution in [3.63, 3.8) is 0 Å². The molecule has 18 heavy (non-hydrogen) atoms. The van der Waals surface area contributed by atoms with Gasteiger partial charge in [-0.25, -0.2) is 4.79 Å². The molecule has 1 aromatic carbocycles. The lowest BCUT2D eigenvalue weighted by atomic mass is 10.1. The van der Waals surface area contributed by atoms with Gasteiger partial charge in [-0.15, -0.1) is 0 Å². The van der Waals surface area contributed by atoms with Crippen LogP contribution in [0.15, 0.2) is 18.2 Å². The fourth-order valence-electron chi connectivity index (χ4n) is 2.31. The number of carboxylic acid groups (broad SMARTS) is 1. The Hall–Kier alpha value is -1.51. The van der Waals surface area contributed by atoms with Gasteiger partial charge in [0.2, 0.25) is 0 Å². The van der Waals surface area contributed by atoms with Crippen LogP contribution in [0.1, 0.15) is 42.6 Å². The molecule has 0 aromatic heterocycles. The molecule has 0 saturated heterocycles. The van der Waals surface area contributed by atoms with Crippen LogP contribution in [0.4, 0.5) is 5.69 Å². The molecule has 0 spiro atoms. The summed E-state index contributed by atoms with van der Waals surface area (Å²) in [7, 11) is 0. The van der Waals surface area contributed by atoms with Crippen LogP contribution in [0.2, 0.25) is 0 Å². The molecule has 0 atom stereocenters. The lowest BCUT2D eigenvalue weighted by Gasteiger charge is -2.27. The maximum absolute atomic E-state index is 11.0. The molecular weight excluding hydrogens is 226 g/mol. The minimum Gasteiger partial charge on any atom is -0.478 e. The maximum Gasteiger partial charge on any atom is 0.335 e. The monoisotopic (exact) mass is 247 g/mol. The van der Waals surface area contributed by atoms with Crippen LogP contribution in [-0.4, -0.2) is 23.7 Å². The molecule has 0 heterocycles. The molecule has 0 unspecified atom stereocenters. The molecular formula is C15H21NO2. The molecule has 1 aliphatic carbocycles. The Morgan fingerprint density at radius 1 is 1.44 bits per heavy atom. The van der Waals surface area contributed by atoms with Gasteiger partial charge in [0.15, 0.2) is 0 Å². The van der Waals surface area contributed by atoms with Gasteiger partial charge in [0.1, 0.15) is 0 Å². The standard InChI is InChI=1S/C15H21NO2/c1-10(2)9-16(12-4-5-12)13-6-7-14(15(17)18)11(3)8-13/h6-8,10,12H,4-5,9H2,1-3H3,(H,17,18). The van der Waals surface area contributed by atoms with Gasteiger partial charge in [0.25, 0.3) is 0 Å². The average Bonchev–Trinajstić information content (AvgIpc) is 3.08. The lowest BCUT2D eigenvalue weighted by Crippen LogP contribution is -2.29. The summed E-state index contributed by atoms with van der Waals surface area (Å²) in [6.07, 6.45) is 2.51. The molecule has 0 radical (unpaired) electrons. The fourth-order valence-corrected chi connectivity index (χ4v) is 2.31. The topological polar surface area (TPSA) is 40.5 Å². The summed E-state index contributed by atoms with van der Waals surface area (Å²) in [5, 5.41) is 9.05. The van der Waals surface area contributed by atoms with Crippen molar-refractivity contribution < 1.29 is 9.90 Å². The summed E-state index contributed by atoms with van der Waals surface area (Å²) >= 11 is 0. The summed E-state index contributed by atoms with van der Waals surface area (Å²) in [6, 6.07) is 6.33. The van der Waals surface area contributed by atoms with Gasteiger partial charge in [-0.1, -0.05) is 13.8 Å². The third-order valence-corrected chi connectivity index (χ3v) is 3.32. The Bertz CT molecular complexity index is 450. The first kappa shape index (κ1) is 12.9. The van der Waals surface area contributed by atoms with Gasteiger partial charge < -0.3 is 10.0 Å². The van der Waals surface area contributed by atoms with Gasteiger partial charge in [-0.05, 0) is 49.4 Å². The maximum atomic E-state index is 11.0. The van der Waals surface area contributed by atoms with E-state index < -0.39 is 5.97 Å². The van der Waals surface area contributed by atoms with Crippen molar-refractivity contribution in [3.8, 4) is 0 Å².